The molecule has 1 aromatic carbocycles. The van der Waals surface area contributed by atoms with E-state index in [9.17, 15) is 13.2 Å². The summed E-state index contributed by atoms with van der Waals surface area (Å²) < 4.78 is 23.5. The first-order chi connectivity index (χ1) is 7.33. The van der Waals surface area contributed by atoms with Gasteiger partial charge in [-0.25, -0.2) is 8.42 Å². The largest absolute Gasteiger partial charge is 0.399 e. The molecule has 1 atom stereocenters. The fraction of sp³-hybridized carbons (Fsp3) is 0.364. The molecule has 0 aliphatic carbocycles. The van der Waals surface area contributed by atoms with Gasteiger partial charge in [0.1, 0.15) is 11.0 Å². The van der Waals surface area contributed by atoms with Crippen molar-refractivity contribution in [1.29, 1.82) is 0 Å². The average Bonchev–Trinajstić information content (AvgIpc) is 2.20. The Kier molecular flexibility index (Phi) is 3.70. The van der Waals surface area contributed by atoms with Gasteiger partial charge in [0.05, 0.1) is 5.75 Å². The molecule has 0 fully saturated rings. The van der Waals surface area contributed by atoms with Crippen LogP contribution in [0.5, 0.6) is 0 Å². The van der Waals surface area contributed by atoms with Crippen molar-refractivity contribution in [2.24, 2.45) is 0 Å². The van der Waals surface area contributed by atoms with E-state index < -0.39 is 15.1 Å². The molecule has 2 N–H and O–H groups in total. The van der Waals surface area contributed by atoms with Gasteiger partial charge in [-0.2, -0.15) is 0 Å². The molecule has 88 valence electrons. The molecule has 16 heavy (non-hydrogen) atoms. The SMILES string of the molecule is CC(=O)C(C)S(=O)(=O)Cc1ccc(N)cc1. The Morgan fingerprint density at radius 1 is 1.31 bits per heavy atom. The van der Waals surface area contributed by atoms with Crippen molar-refractivity contribution in [3.8, 4) is 0 Å². The zero-order valence-electron chi connectivity index (χ0n) is 9.30. The van der Waals surface area contributed by atoms with Crippen LogP contribution in [-0.2, 0) is 20.4 Å². The highest BCUT2D eigenvalue weighted by Crippen LogP contribution is 2.13. The van der Waals surface area contributed by atoms with E-state index in [1.54, 1.807) is 24.3 Å². The number of benzene rings is 1. The van der Waals surface area contributed by atoms with Gasteiger partial charge in [0.25, 0.3) is 0 Å². The van der Waals surface area contributed by atoms with Crippen LogP contribution in [-0.4, -0.2) is 19.5 Å². The van der Waals surface area contributed by atoms with Gasteiger partial charge >= 0.3 is 0 Å². The molecule has 0 saturated heterocycles. The molecule has 0 aliphatic heterocycles. The Morgan fingerprint density at radius 3 is 2.25 bits per heavy atom. The number of hydrogen-bond acceptors (Lipinski definition) is 4. The van der Waals surface area contributed by atoms with Crippen LogP contribution in [0.1, 0.15) is 19.4 Å². The Balaban J connectivity index is 2.89. The molecule has 0 saturated carbocycles. The molecule has 1 aromatic rings. The number of sulfone groups is 1. The van der Waals surface area contributed by atoms with Gasteiger partial charge in [0.15, 0.2) is 9.84 Å². The van der Waals surface area contributed by atoms with Crippen LogP contribution in [0.15, 0.2) is 24.3 Å². The summed E-state index contributed by atoms with van der Waals surface area (Å²) in [5, 5.41) is -0.954. The molecule has 1 unspecified atom stereocenters. The van der Waals surface area contributed by atoms with Gasteiger partial charge in [-0.1, -0.05) is 12.1 Å². The first kappa shape index (κ1) is 12.7. The van der Waals surface area contributed by atoms with Gasteiger partial charge < -0.3 is 5.73 Å². The fourth-order valence-corrected chi connectivity index (χ4v) is 2.64. The first-order valence-corrected chi connectivity index (χ1v) is 6.61. The van der Waals surface area contributed by atoms with E-state index in [0.717, 1.165) is 0 Å². The molecule has 0 amide bonds. The second-order valence-corrected chi connectivity index (χ2v) is 6.12. The summed E-state index contributed by atoms with van der Waals surface area (Å²) in [4.78, 5) is 11.0. The lowest BCUT2D eigenvalue weighted by molar-refractivity contribution is -0.116. The summed E-state index contributed by atoms with van der Waals surface area (Å²) in [6, 6.07) is 6.59. The molecule has 1 rings (SSSR count). The third kappa shape index (κ3) is 3.06. The second kappa shape index (κ2) is 4.65. The number of carbonyl (C=O) groups is 1. The molecule has 0 radical (unpaired) electrons. The number of carbonyl (C=O) groups excluding carboxylic acids is 1. The van der Waals surface area contributed by atoms with Crippen molar-refractivity contribution >= 4 is 21.3 Å². The van der Waals surface area contributed by atoms with Crippen LogP contribution >= 0.6 is 0 Å². The van der Waals surface area contributed by atoms with Crippen LogP contribution in [0.4, 0.5) is 5.69 Å². The van der Waals surface area contributed by atoms with Crippen LogP contribution in [0.2, 0.25) is 0 Å². The van der Waals surface area contributed by atoms with E-state index in [4.69, 9.17) is 5.73 Å². The molecule has 0 spiro atoms. The minimum absolute atomic E-state index is 0.131. The summed E-state index contributed by atoms with van der Waals surface area (Å²) in [7, 11) is -3.42. The van der Waals surface area contributed by atoms with Crippen molar-refractivity contribution in [3.63, 3.8) is 0 Å². The van der Waals surface area contributed by atoms with Crippen LogP contribution in [0.3, 0.4) is 0 Å². The van der Waals surface area contributed by atoms with Crippen LogP contribution in [0.25, 0.3) is 0 Å². The minimum atomic E-state index is -3.42. The topological polar surface area (TPSA) is 77.2 Å². The highest BCUT2D eigenvalue weighted by atomic mass is 32.2. The minimum Gasteiger partial charge on any atom is -0.399 e. The lowest BCUT2D eigenvalue weighted by Gasteiger charge is -2.09. The number of hydrogen-bond donors (Lipinski definition) is 1. The van der Waals surface area contributed by atoms with Crippen molar-refractivity contribution in [2.75, 3.05) is 5.73 Å². The number of anilines is 1. The molecule has 0 aliphatic rings. The van der Waals surface area contributed by atoms with E-state index in [2.05, 4.69) is 0 Å². The number of Topliss-reactive ketones (excluding diaryl/α,β-unsaturated/α-hetero) is 1. The zero-order valence-corrected chi connectivity index (χ0v) is 10.1. The Morgan fingerprint density at radius 2 is 1.81 bits per heavy atom. The van der Waals surface area contributed by atoms with E-state index in [0.29, 0.717) is 11.3 Å². The summed E-state index contributed by atoms with van der Waals surface area (Å²) >= 11 is 0. The lowest BCUT2D eigenvalue weighted by Crippen LogP contribution is -2.26. The zero-order chi connectivity index (χ0) is 12.3. The van der Waals surface area contributed by atoms with Crippen molar-refractivity contribution < 1.29 is 13.2 Å². The van der Waals surface area contributed by atoms with Crippen LogP contribution in [0, 0.1) is 0 Å². The summed E-state index contributed by atoms with van der Waals surface area (Å²) in [6.45, 7) is 2.69. The molecule has 0 aromatic heterocycles. The number of ketones is 1. The molecule has 0 heterocycles. The normalized spacial score (nSPS) is 13.4. The molecular formula is C11H15NO3S. The maximum Gasteiger partial charge on any atom is 0.164 e. The highest BCUT2D eigenvalue weighted by Gasteiger charge is 2.24. The number of nitrogen functional groups attached to an aromatic ring is 1. The highest BCUT2D eigenvalue weighted by molar-refractivity contribution is 7.92. The van der Waals surface area contributed by atoms with Crippen molar-refractivity contribution in [1.82, 2.24) is 0 Å². The van der Waals surface area contributed by atoms with Gasteiger partial charge in [-0.05, 0) is 31.5 Å². The number of rotatable bonds is 4. The quantitative estimate of drug-likeness (QED) is 0.802. The van der Waals surface area contributed by atoms with Gasteiger partial charge in [0, 0.05) is 5.69 Å². The van der Waals surface area contributed by atoms with Crippen molar-refractivity contribution in [2.45, 2.75) is 24.9 Å². The Bertz CT molecular complexity index is 476. The van der Waals surface area contributed by atoms with Crippen LogP contribution < -0.4 is 5.73 Å². The third-order valence-corrected chi connectivity index (χ3v) is 4.60. The molecular weight excluding hydrogens is 226 g/mol. The number of nitrogens with two attached hydrogens (primary N) is 1. The Hall–Kier alpha value is -1.36. The van der Waals surface area contributed by atoms with E-state index in [1.165, 1.54) is 13.8 Å². The fourth-order valence-electron chi connectivity index (χ4n) is 1.22. The maximum atomic E-state index is 11.8. The van der Waals surface area contributed by atoms with E-state index in [1.807, 2.05) is 0 Å². The smallest absolute Gasteiger partial charge is 0.164 e. The molecule has 4 nitrogen and oxygen atoms in total. The summed E-state index contributed by atoms with van der Waals surface area (Å²) in [6.07, 6.45) is 0. The standard InChI is InChI=1S/C11H15NO3S/c1-8(13)9(2)16(14,15)7-10-3-5-11(12)6-4-10/h3-6,9H,7,12H2,1-2H3. The predicted molar refractivity (Wildman–Crippen MR) is 63.6 cm³/mol. The van der Waals surface area contributed by atoms with Crippen molar-refractivity contribution in [3.05, 3.63) is 29.8 Å². The summed E-state index contributed by atoms with van der Waals surface area (Å²) in [5.74, 6) is -0.468. The molecule has 0 bridgehead atoms. The predicted octanol–water partition coefficient (Wildman–Crippen LogP) is 1.16. The second-order valence-electron chi connectivity index (χ2n) is 3.80. The Labute approximate surface area is 95.4 Å². The van der Waals surface area contributed by atoms with Gasteiger partial charge in [-0.15, -0.1) is 0 Å². The summed E-state index contributed by atoms with van der Waals surface area (Å²) in [5.41, 5.74) is 6.72. The van der Waals surface area contributed by atoms with E-state index >= 15 is 0 Å². The first-order valence-electron chi connectivity index (χ1n) is 4.89. The third-order valence-electron chi connectivity index (χ3n) is 2.46. The molecule has 5 heteroatoms. The van der Waals surface area contributed by atoms with E-state index in [-0.39, 0.29) is 11.5 Å². The average molecular weight is 241 g/mol. The van der Waals surface area contributed by atoms with Gasteiger partial charge in [0.2, 0.25) is 0 Å². The van der Waals surface area contributed by atoms with Gasteiger partial charge in [-0.3, -0.25) is 4.79 Å². The lowest BCUT2D eigenvalue weighted by atomic mass is 10.2. The maximum absolute atomic E-state index is 11.8. The monoisotopic (exact) mass is 241 g/mol.